The van der Waals surface area contributed by atoms with Gasteiger partial charge in [0.1, 0.15) is 0 Å². The van der Waals surface area contributed by atoms with Gasteiger partial charge in [0.25, 0.3) is 0 Å². The molecule has 4 atom stereocenters. The molecule has 3 aliphatic rings. The molecule has 1 amide bonds. The quantitative estimate of drug-likeness (QED) is 0.906. The molecule has 0 spiro atoms. The molecule has 2 N–H and O–H groups in total. The Morgan fingerprint density at radius 3 is 2.36 bits per heavy atom. The second kappa shape index (κ2) is 6.21. The highest BCUT2D eigenvalue weighted by molar-refractivity contribution is 5.85. The summed E-state index contributed by atoms with van der Waals surface area (Å²) in [5.74, 6) is 3.83. The van der Waals surface area contributed by atoms with Gasteiger partial charge < -0.3 is 10.6 Å². The summed E-state index contributed by atoms with van der Waals surface area (Å²) in [6, 6.07) is 10.3. The summed E-state index contributed by atoms with van der Waals surface area (Å²) >= 11 is 0. The van der Waals surface area contributed by atoms with Gasteiger partial charge in [-0.2, -0.15) is 0 Å². The highest BCUT2D eigenvalue weighted by Gasteiger charge is 2.67. The predicted molar refractivity (Wildman–Crippen MR) is 89.5 cm³/mol. The van der Waals surface area contributed by atoms with Crippen LogP contribution in [0.3, 0.4) is 0 Å². The van der Waals surface area contributed by atoms with Crippen LogP contribution in [0.2, 0.25) is 0 Å². The van der Waals surface area contributed by atoms with Crippen molar-refractivity contribution in [1.82, 2.24) is 4.90 Å². The van der Waals surface area contributed by atoms with E-state index >= 15 is 0 Å². The highest BCUT2D eigenvalue weighted by Crippen LogP contribution is 2.69. The summed E-state index contributed by atoms with van der Waals surface area (Å²) in [7, 11) is 0. The number of amides is 1. The highest BCUT2D eigenvalue weighted by atomic mass is 35.5. The van der Waals surface area contributed by atoms with Gasteiger partial charge in [0, 0.05) is 25.6 Å². The zero-order valence-corrected chi connectivity index (χ0v) is 13.7. The number of rotatable bonds is 5. The Hall–Kier alpha value is -1.06. The maximum absolute atomic E-state index is 12.9. The number of nitrogens with two attached hydrogens (primary N) is 1. The molecule has 0 saturated heterocycles. The lowest BCUT2D eigenvalue weighted by Gasteiger charge is -2.23. The average Bonchev–Trinajstić information content (AvgIpc) is 2.94. The fourth-order valence-corrected chi connectivity index (χ4v) is 5.09. The van der Waals surface area contributed by atoms with Gasteiger partial charge in [-0.15, -0.1) is 12.4 Å². The molecular weight excluding hydrogens is 296 g/mol. The SMILES string of the molecule is Cl.NCCN(Cc1ccccc1)C(=O)C1C2C3CCC(C3)C12. The maximum atomic E-state index is 12.9. The van der Waals surface area contributed by atoms with Gasteiger partial charge in [0.05, 0.1) is 0 Å². The lowest BCUT2D eigenvalue weighted by molar-refractivity contribution is -0.134. The van der Waals surface area contributed by atoms with Crippen molar-refractivity contribution in [3.05, 3.63) is 35.9 Å². The summed E-state index contributed by atoms with van der Waals surface area (Å²) in [5, 5.41) is 0. The lowest BCUT2D eigenvalue weighted by Crippen LogP contribution is -2.37. The van der Waals surface area contributed by atoms with Crippen LogP contribution in [0, 0.1) is 29.6 Å². The van der Waals surface area contributed by atoms with E-state index in [1.165, 1.54) is 24.8 Å². The van der Waals surface area contributed by atoms with Crippen molar-refractivity contribution in [1.29, 1.82) is 0 Å². The van der Waals surface area contributed by atoms with Gasteiger partial charge in [-0.1, -0.05) is 30.3 Å². The Balaban J connectivity index is 0.00000144. The van der Waals surface area contributed by atoms with Crippen LogP contribution in [-0.4, -0.2) is 23.9 Å². The molecular formula is C18H25ClN2O. The number of benzene rings is 1. The van der Waals surface area contributed by atoms with Crippen molar-refractivity contribution < 1.29 is 4.79 Å². The first-order valence-electron chi connectivity index (χ1n) is 8.32. The van der Waals surface area contributed by atoms with E-state index < -0.39 is 0 Å². The van der Waals surface area contributed by atoms with Gasteiger partial charge in [0.15, 0.2) is 0 Å². The van der Waals surface area contributed by atoms with Gasteiger partial charge in [-0.25, -0.2) is 0 Å². The van der Waals surface area contributed by atoms with Crippen LogP contribution in [0.25, 0.3) is 0 Å². The van der Waals surface area contributed by atoms with E-state index in [1.807, 2.05) is 23.1 Å². The zero-order valence-electron chi connectivity index (χ0n) is 12.9. The molecule has 120 valence electrons. The Morgan fingerprint density at radius 1 is 1.14 bits per heavy atom. The molecule has 22 heavy (non-hydrogen) atoms. The van der Waals surface area contributed by atoms with Crippen molar-refractivity contribution >= 4 is 18.3 Å². The second-order valence-corrected chi connectivity index (χ2v) is 7.05. The van der Waals surface area contributed by atoms with E-state index in [0.29, 0.717) is 43.3 Å². The van der Waals surface area contributed by atoms with Crippen molar-refractivity contribution in [3.8, 4) is 0 Å². The summed E-state index contributed by atoms with van der Waals surface area (Å²) < 4.78 is 0. The number of hydrogen-bond acceptors (Lipinski definition) is 2. The number of carbonyl (C=O) groups is 1. The third kappa shape index (κ3) is 2.55. The minimum Gasteiger partial charge on any atom is -0.337 e. The number of halogens is 1. The standard InChI is InChI=1S/C18H24N2O.ClH/c19-8-9-20(11-12-4-2-1-3-5-12)18(21)17-15-13-6-7-14(10-13)16(15)17;/h1-5,13-17H,6-11,19H2;1H. The number of carbonyl (C=O) groups excluding carboxylic acids is 1. The van der Waals surface area contributed by atoms with Crippen LogP contribution < -0.4 is 5.73 Å². The Morgan fingerprint density at radius 2 is 1.77 bits per heavy atom. The minimum absolute atomic E-state index is 0. The Bertz CT molecular complexity index is 519. The fraction of sp³-hybridized carbons (Fsp3) is 0.611. The normalized spacial score (nSPS) is 34.0. The van der Waals surface area contributed by atoms with Gasteiger partial charge in [-0.05, 0) is 48.5 Å². The molecule has 4 heteroatoms. The monoisotopic (exact) mass is 320 g/mol. The van der Waals surface area contributed by atoms with Crippen molar-refractivity contribution in [2.24, 2.45) is 35.3 Å². The molecule has 3 fully saturated rings. The molecule has 1 aromatic rings. The van der Waals surface area contributed by atoms with E-state index in [9.17, 15) is 4.79 Å². The third-order valence-electron chi connectivity index (χ3n) is 5.95. The van der Waals surface area contributed by atoms with Gasteiger partial charge in [-0.3, -0.25) is 4.79 Å². The largest absolute Gasteiger partial charge is 0.337 e. The minimum atomic E-state index is 0. The number of nitrogens with zero attached hydrogens (tertiary/aromatic N) is 1. The fourth-order valence-electron chi connectivity index (χ4n) is 5.09. The van der Waals surface area contributed by atoms with E-state index in [1.54, 1.807) is 0 Å². The van der Waals surface area contributed by atoms with Crippen molar-refractivity contribution in [2.75, 3.05) is 13.1 Å². The van der Waals surface area contributed by atoms with Crippen LogP contribution in [0.1, 0.15) is 24.8 Å². The summed E-state index contributed by atoms with van der Waals surface area (Å²) in [5.41, 5.74) is 6.93. The Kier molecular flexibility index (Phi) is 4.47. The van der Waals surface area contributed by atoms with Gasteiger partial charge >= 0.3 is 0 Å². The van der Waals surface area contributed by atoms with E-state index in [2.05, 4.69) is 12.1 Å². The molecule has 4 unspecified atom stereocenters. The van der Waals surface area contributed by atoms with E-state index in [0.717, 1.165) is 11.8 Å². The zero-order chi connectivity index (χ0) is 14.4. The molecule has 0 radical (unpaired) electrons. The number of fused-ring (bicyclic) bond motifs is 5. The predicted octanol–water partition coefficient (Wildman–Crippen LogP) is 2.69. The average molecular weight is 321 g/mol. The molecule has 1 aromatic carbocycles. The third-order valence-corrected chi connectivity index (χ3v) is 5.95. The smallest absolute Gasteiger partial charge is 0.226 e. The molecule has 3 nitrogen and oxygen atoms in total. The van der Waals surface area contributed by atoms with Crippen LogP contribution in [0.5, 0.6) is 0 Å². The van der Waals surface area contributed by atoms with Crippen LogP contribution in [-0.2, 0) is 11.3 Å². The van der Waals surface area contributed by atoms with Crippen LogP contribution >= 0.6 is 12.4 Å². The molecule has 0 aromatic heterocycles. The first kappa shape index (κ1) is 15.8. The molecule has 0 aliphatic heterocycles. The molecule has 3 aliphatic carbocycles. The van der Waals surface area contributed by atoms with E-state index in [4.69, 9.17) is 5.73 Å². The van der Waals surface area contributed by atoms with E-state index in [-0.39, 0.29) is 12.4 Å². The maximum Gasteiger partial charge on any atom is 0.226 e. The lowest BCUT2D eigenvalue weighted by atomic mass is 10.0. The number of hydrogen-bond donors (Lipinski definition) is 1. The molecule has 0 heterocycles. The molecule has 3 saturated carbocycles. The van der Waals surface area contributed by atoms with Crippen LogP contribution in [0.15, 0.2) is 30.3 Å². The van der Waals surface area contributed by atoms with Crippen molar-refractivity contribution in [3.63, 3.8) is 0 Å². The summed E-state index contributed by atoms with van der Waals surface area (Å²) in [6.45, 7) is 1.94. The Labute approximate surface area is 138 Å². The molecule has 4 rings (SSSR count). The van der Waals surface area contributed by atoms with Gasteiger partial charge in [0.2, 0.25) is 5.91 Å². The van der Waals surface area contributed by atoms with Crippen LogP contribution in [0.4, 0.5) is 0 Å². The summed E-state index contributed by atoms with van der Waals surface area (Å²) in [4.78, 5) is 14.9. The van der Waals surface area contributed by atoms with Crippen molar-refractivity contribution in [2.45, 2.75) is 25.8 Å². The first-order chi connectivity index (χ1) is 10.3. The topological polar surface area (TPSA) is 46.3 Å². The first-order valence-corrected chi connectivity index (χ1v) is 8.32. The second-order valence-electron chi connectivity index (χ2n) is 7.05. The molecule has 2 bridgehead atoms. The summed E-state index contributed by atoms with van der Waals surface area (Å²) in [6.07, 6.45) is 4.13.